The Kier molecular flexibility index (Phi) is 6.48. The molecular weight excluding hydrogens is 415 g/mol. The third-order valence-electron chi connectivity index (χ3n) is 4.13. The smallest absolute Gasteiger partial charge is 0.306 e. The van der Waals surface area contributed by atoms with Crippen molar-refractivity contribution >= 4 is 28.9 Å². The quantitative estimate of drug-likeness (QED) is 0.409. The summed E-state index contributed by atoms with van der Waals surface area (Å²) >= 11 is 5.86. The molecule has 0 aliphatic rings. The van der Waals surface area contributed by atoms with Gasteiger partial charge in [0.1, 0.15) is 6.61 Å². The van der Waals surface area contributed by atoms with Crippen LogP contribution < -0.4 is 14.8 Å². The van der Waals surface area contributed by atoms with E-state index in [1.165, 1.54) is 25.3 Å². The highest BCUT2D eigenvalue weighted by Gasteiger charge is 2.17. The molecule has 1 N–H and O–H groups in total. The van der Waals surface area contributed by atoms with Crippen molar-refractivity contribution in [3.8, 4) is 11.5 Å². The Labute approximate surface area is 176 Å². The van der Waals surface area contributed by atoms with Crippen molar-refractivity contribution < 1.29 is 23.6 Å². The number of carbonyl (C=O) groups is 1. The first-order valence-corrected chi connectivity index (χ1v) is 9.05. The van der Waals surface area contributed by atoms with Crippen molar-refractivity contribution in [2.75, 3.05) is 12.4 Å². The van der Waals surface area contributed by atoms with E-state index in [1.807, 2.05) is 12.1 Å². The largest absolute Gasteiger partial charge is 0.493 e. The lowest BCUT2D eigenvalue weighted by atomic mass is 10.1. The second-order valence-corrected chi connectivity index (χ2v) is 6.59. The molecule has 0 atom stereocenters. The first-order chi connectivity index (χ1) is 14.4. The first-order valence-electron chi connectivity index (χ1n) is 8.68. The number of methoxy groups -OCH3 is 1. The van der Waals surface area contributed by atoms with E-state index in [1.54, 1.807) is 18.2 Å². The molecule has 0 fully saturated rings. The zero-order valence-corrected chi connectivity index (χ0v) is 16.5. The summed E-state index contributed by atoms with van der Waals surface area (Å²) in [5, 5.41) is 14.0. The Morgan fingerprint density at radius 2 is 1.83 bits per heavy atom. The maximum Gasteiger partial charge on any atom is 0.306 e. The SMILES string of the molecule is COc1cc(C(=O)Nc2ccc(F)c([N+](=O)[O-])c2)ccc1OCc1ccc(Cl)cc1. The molecule has 3 rings (SSSR count). The van der Waals surface area contributed by atoms with Gasteiger partial charge in [0.05, 0.1) is 12.0 Å². The van der Waals surface area contributed by atoms with Gasteiger partial charge in [0.2, 0.25) is 5.82 Å². The lowest BCUT2D eigenvalue weighted by Crippen LogP contribution is -2.12. The fourth-order valence-electron chi connectivity index (χ4n) is 2.60. The average Bonchev–Trinajstić information content (AvgIpc) is 2.74. The monoisotopic (exact) mass is 430 g/mol. The number of nitrogens with one attached hydrogen (secondary N) is 1. The van der Waals surface area contributed by atoms with Gasteiger partial charge in [0, 0.05) is 22.3 Å². The third kappa shape index (κ3) is 5.03. The molecule has 7 nitrogen and oxygen atoms in total. The summed E-state index contributed by atoms with van der Waals surface area (Å²) in [6, 6.07) is 14.9. The van der Waals surface area contributed by atoms with Crippen molar-refractivity contribution in [3.05, 3.63) is 92.7 Å². The maximum atomic E-state index is 13.4. The molecule has 0 bridgehead atoms. The normalized spacial score (nSPS) is 10.4. The zero-order valence-electron chi connectivity index (χ0n) is 15.7. The van der Waals surface area contributed by atoms with Gasteiger partial charge >= 0.3 is 5.69 Å². The van der Waals surface area contributed by atoms with Crippen molar-refractivity contribution in [2.24, 2.45) is 0 Å². The highest BCUT2D eigenvalue weighted by atomic mass is 35.5. The van der Waals surface area contributed by atoms with Crippen LogP contribution in [0.2, 0.25) is 5.02 Å². The Hall–Kier alpha value is -3.65. The third-order valence-corrected chi connectivity index (χ3v) is 4.39. The highest BCUT2D eigenvalue weighted by molar-refractivity contribution is 6.30. The molecule has 1 amide bonds. The van der Waals surface area contributed by atoms with E-state index in [0.29, 0.717) is 16.5 Å². The van der Waals surface area contributed by atoms with Gasteiger partial charge in [-0.25, -0.2) is 0 Å². The number of nitro benzene ring substituents is 1. The van der Waals surface area contributed by atoms with Crippen LogP contribution in [0.15, 0.2) is 60.7 Å². The molecule has 30 heavy (non-hydrogen) atoms. The van der Waals surface area contributed by atoms with E-state index in [4.69, 9.17) is 21.1 Å². The Morgan fingerprint density at radius 1 is 1.10 bits per heavy atom. The molecule has 0 aliphatic carbocycles. The molecule has 0 radical (unpaired) electrons. The fraction of sp³-hybridized carbons (Fsp3) is 0.0952. The number of hydrogen-bond acceptors (Lipinski definition) is 5. The van der Waals surface area contributed by atoms with Gasteiger partial charge in [-0.05, 0) is 48.0 Å². The number of benzene rings is 3. The summed E-state index contributed by atoms with van der Waals surface area (Å²) in [6.07, 6.45) is 0. The summed E-state index contributed by atoms with van der Waals surface area (Å²) in [6.45, 7) is 0.276. The van der Waals surface area contributed by atoms with Crippen LogP contribution in [-0.2, 0) is 6.61 Å². The van der Waals surface area contributed by atoms with Crippen LogP contribution in [0.3, 0.4) is 0 Å². The molecule has 0 aromatic heterocycles. The molecule has 9 heteroatoms. The molecule has 154 valence electrons. The van der Waals surface area contributed by atoms with Crippen molar-refractivity contribution in [1.82, 2.24) is 0 Å². The van der Waals surface area contributed by atoms with Gasteiger partial charge in [-0.3, -0.25) is 14.9 Å². The molecule has 3 aromatic carbocycles. The molecule has 0 saturated carbocycles. The molecule has 0 unspecified atom stereocenters. The van der Waals surface area contributed by atoms with Crippen molar-refractivity contribution in [3.63, 3.8) is 0 Å². The van der Waals surface area contributed by atoms with Gasteiger partial charge in [0.15, 0.2) is 11.5 Å². The van der Waals surface area contributed by atoms with Gasteiger partial charge in [-0.2, -0.15) is 4.39 Å². The van der Waals surface area contributed by atoms with Crippen LogP contribution in [0, 0.1) is 15.9 Å². The average molecular weight is 431 g/mol. The number of halogens is 2. The number of ether oxygens (including phenoxy) is 2. The van der Waals surface area contributed by atoms with Crippen molar-refractivity contribution in [2.45, 2.75) is 6.61 Å². The number of nitrogens with zero attached hydrogens (tertiary/aromatic N) is 1. The standard InChI is InChI=1S/C21H16ClFN2O5/c1-29-20-10-14(4-9-19(20)30-12-13-2-5-15(22)6-3-13)21(26)24-16-7-8-17(23)18(11-16)25(27)28/h2-11H,12H2,1H3,(H,24,26). The number of carbonyl (C=O) groups excluding carboxylic acids is 1. The van der Waals surface area contributed by atoms with E-state index in [0.717, 1.165) is 17.7 Å². The maximum absolute atomic E-state index is 13.4. The Bertz CT molecular complexity index is 1090. The Balaban J connectivity index is 1.73. The van der Waals surface area contributed by atoms with Gasteiger partial charge in [-0.15, -0.1) is 0 Å². The molecule has 0 heterocycles. The lowest BCUT2D eigenvalue weighted by molar-refractivity contribution is -0.387. The van der Waals surface area contributed by atoms with Crippen LogP contribution in [0.5, 0.6) is 11.5 Å². The Morgan fingerprint density at radius 3 is 2.50 bits per heavy atom. The first kappa shape index (κ1) is 21.1. The van der Waals surface area contributed by atoms with Crippen LogP contribution in [0.25, 0.3) is 0 Å². The molecule has 3 aromatic rings. The minimum absolute atomic E-state index is 0.0927. The van der Waals surface area contributed by atoms with Gasteiger partial charge < -0.3 is 14.8 Å². The predicted octanol–water partition coefficient (Wildman–Crippen LogP) is 5.23. The highest BCUT2D eigenvalue weighted by Crippen LogP contribution is 2.30. The van der Waals surface area contributed by atoms with E-state index in [2.05, 4.69) is 5.32 Å². The number of hydrogen-bond donors (Lipinski definition) is 1. The van der Waals surface area contributed by atoms with Crippen LogP contribution in [-0.4, -0.2) is 17.9 Å². The summed E-state index contributed by atoms with van der Waals surface area (Å²) in [5.74, 6) is -0.761. The number of rotatable bonds is 7. The van der Waals surface area contributed by atoms with Gasteiger partial charge in [0.25, 0.3) is 5.91 Å². The minimum Gasteiger partial charge on any atom is -0.493 e. The van der Waals surface area contributed by atoms with Crippen LogP contribution in [0.1, 0.15) is 15.9 Å². The van der Waals surface area contributed by atoms with Gasteiger partial charge in [-0.1, -0.05) is 23.7 Å². The summed E-state index contributed by atoms with van der Waals surface area (Å²) in [4.78, 5) is 22.5. The van der Waals surface area contributed by atoms with E-state index in [-0.39, 0.29) is 17.9 Å². The number of anilines is 1. The topological polar surface area (TPSA) is 90.7 Å². The second-order valence-electron chi connectivity index (χ2n) is 6.16. The number of amides is 1. The molecule has 0 aliphatic heterocycles. The van der Waals surface area contributed by atoms with E-state index in [9.17, 15) is 19.3 Å². The predicted molar refractivity (Wildman–Crippen MR) is 110 cm³/mol. The zero-order chi connectivity index (χ0) is 21.7. The van der Waals surface area contributed by atoms with E-state index < -0.39 is 22.3 Å². The fourth-order valence-corrected chi connectivity index (χ4v) is 2.73. The summed E-state index contributed by atoms with van der Waals surface area (Å²) in [5.41, 5.74) is 0.505. The van der Waals surface area contributed by atoms with Crippen LogP contribution in [0.4, 0.5) is 15.8 Å². The van der Waals surface area contributed by atoms with Crippen LogP contribution >= 0.6 is 11.6 Å². The van der Waals surface area contributed by atoms with Crippen molar-refractivity contribution in [1.29, 1.82) is 0 Å². The number of nitro groups is 1. The summed E-state index contributed by atoms with van der Waals surface area (Å²) < 4.78 is 24.5. The van der Waals surface area contributed by atoms with E-state index >= 15 is 0 Å². The lowest BCUT2D eigenvalue weighted by Gasteiger charge is -2.12. The summed E-state index contributed by atoms with van der Waals surface area (Å²) in [7, 11) is 1.44. The minimum atomic E-state index is -0.984. The molecule has 0 saturated heterocycles. The second kappa shape index (κ2) is 9.23. The molecular formula is C21H16ClFN2O5. The molecule has 0 spiro atoms.